The van der Waals surface area contributed by atoms with Gasteiger partial charge in [0.15, 0.2) is 11.7 Å². The second kappa shape index (κ2) is 11.6. The van der Waals surface area contributed by atoms with Gasteiger partial charge in [0.2, 0.25) is 0 Å². The lowest BCUT2D eigenvalue weighted by atomic mass is 9.82. The number of ether oxygens (including phenoxy) is 3. The lowest BCUT2D eigenvalue weighted by Gasteiger charge is -2.50. The van der Waals surface area contributed by atoms with Crippen LogP contribution >= 0.6 is 11.3 Å². The molecule has 210 valence electrons. The van der Waals surface area contributed by atoms with Crippen LogP contribution in [0.25, 0.3) is 10.2 Å². The minimum absolute atomic E-state index is 0.0994. The van der Waals surface area contributed by atoms with Crippen LogP contribution in [-0.2, 0) is 15.7 Å². The number of carboxylic acids is 1. The molecule has 3 aromatic rings. The number of carboxylic acid groups (broad SMARTS) is 1. The highest BCUT2D eigenvalue weighted by Gasteiger charge is 2.41. The Kier molecular flexibility index (Phi) is 8.15. The number of piperidine rings is 1. The maximum Gasteiger partial charge on any atom is 0.416 e. The monoisotopic (exact) mass is 565 g/mol. The summed E-state index contributed by atoms with van der Waals surface area (Å²) in [5.41, 5.74) is -0.178. The van der Waals surface area contributed by atoms with Gasteiger partial charge in [0.1, 0.15) is 11.5 Å². The van der Waals surface area contributed by atoms with Crippen LogP contribution in [0.15, 0.2) is 42.5 Å². The van der Waals surface area contributed by atoms with Gasteiger partial charge in [-0.15, -0.1) is 0 Å². The molecule has 1 N–H and O–H groups in total. The van der Waals surface area contributed by atoms with Crippen LogP contribution in [0, 0.1) is 0 Å². The molecule has 3 heterocycles. The molecule has 0 radical (unpaired) electrons. The van der Waals surface area contributed by atoms with Crippen molar-refractivity contribution in [3.05, 3.63) is 48.0 Å². The lowest BCUT2D eigenvalue weighted by molar-refractivity contribution is -0.139. The summed E-state index contributed by atoms with van der Waals surface area (Å²) < 4.78 is 56.9. The molecule has 0 aliphatic carbocycles. The van der Waals surface area contributed by atoms with Gasteiger partial charge in [-0.2, -0.15) is 13.2 Å². The Labute approximate surface area is 227 Å². The van der Waals surface area contributed by atoms with Gasteiger partial charge in [-0.05, 0) is 49.6 Å². The molecule has 0 saturated carbocycles. The fourth-order valence-electron chi connectivity index (χ4n) is 5.26. The number of rotatable bonds is 9. The van der Waals surface area contributed by atoms with Crippen molar-refractivity contribution >= 4 is 32.7 Å². The molecule has 5 rings (SSSR count). The van der Waals surface area contributed by atoms with Crippen LogP contribution in [-0.4, -0.2) is 79.1 Å². The fourth-order valence-corrected chi connectivity index (χ4v) is 6.31. The van der Waals surface area contributed by atoms with E-state index in [-0.39, 0.29) is 5.54 Å². The van der Waals surface area contributed by atoms with Crippen molar-refractivity contribution in [3.8, 4) is 11.5 Å². The summed E-state index contributed by atoms with van der Waals surface area (Å²) in [5.74, 6) is 0.00136. The van der Waals surface area contributed by atoms with Crippen LogP contribution in [0.1, 0.15) is 24.8 Å². The van der Waals surface area contributed by atoms with Gasteiger partial charge in [-0.1, -0.05) is 17.4 Å². The largest absolute Gasteiger partial charge is 0.493 e. The van der Waals surface area contributed by atoms with Gasteiger partial charge in [-0.25, -0.2) is 9.78 Å². The van der Waals surface area contributed by atoms with E-state index in [2.05, 4.69) is 14.8 Å². The maximum absolute atomic E-state index is 13.2. The third kappa shape index (κ3) is 6.56. The zero-order chi connectivity index (χ0) is 27.5. The summed E-state index contributed by atoms with van der Waals surface area (Å²) in [6.45, 7) is 4.55. The van der Waals surface area contributed by atoms with E-state index in [1.807, 2.05) is 6.07 Å². The summed E-state index contributed by atoms with van der Waals surface area (Å²) >= 11 is 1.30. The van der Waals surface area contributed by atoms with Gasteiger partial charge in [0, 0.05) is 37.8 Å². The van der Waals surface area contributed by atoms with E-state index in [0.29, 0.717) is 41.5 Å². The summed E-state index contributed by atoms with van der Waals surface area (Å²) in [7, 11) is 0. The standard InChI is InChI=1S/C27H30F3N3O5S/c28-27(29,30)19-4-5-22-23(16-19)39-25(31-22)32-9-6-26(7-10-32,33-11-14-36-15-12-33)8-13-37-20-2-1-3-21(17-20)38-18-24(34)35/h1-5,16-17H,6-15,18H2,(H,34,35). The molecular weight excluding hydrogens is 535 g/mol. The third-order valence-corrected chi connectivity index (χ3v) is 8.43. The first-order valence-corrected chi connectivity index (χ1v) is 13.7. The average Bonchev–Trinajstić information content (AvgIpc) is 3.36. The normalized spacial score (nSPS) is 18.3. The number of morpholine rings is 1. The van der Waals surface area contributed by atoms with Crippen molar-refractivity contribution < 1.29 is 37.3 Å². The highest BCUT2D eigenvalue weighted by atomic mass is 32.1. The smallest absolute Gasteiger partial charge is 0.416 e. The van der Waals surface area contributed by atoms with Crippen molar-refractivity contribution in [1.82, 2.24) is 9.88 Å². The molecule has 0 atom stereocenters. The predicted octanol–water partition coefficient (Wildman–Crippen LogP) is 4.92. The van der Waals surface area contributed by atoms with Crippen LogP contribution in [0.4, 0.5) is 18.3 Å². The number of thiazole rings is 1. The number of halogens is 3. The van der Waals surface area contributed by atoms with Crippen molar-refractivity contribution in [2.75, 3.05) is 57.5 Å². The molecule has 2 fully saturated rings. The number of anilines is 1. The third-order valence-electron chi connectivity index (χ3n) is 7.36. The number of aromatic nitrogens is 1. The van der Waals surface area contributed by atoms with Gasteiger partial charge in [-0.3, -0.25) is 4.90 Å². The summed E-state index contributed by atoms with van der Waals surface area (Å²) in [5, 5.41) is 9.58. The van der Waals surface area contributed by atoms with Crippen molar-refractivity contribution in [2.24, 2.45) is 0 Å². The molecule has 0 bridgehead atoms. The average molecular weight is 566 g/mol. The van der Waals surface area contributed by atoms with Gasteiger partial charge < -0.3 is 24.2 Å². The molecule has 0 unspecified atom stereocenters. The van der Waals surface area contributed by atoms with E-state index in [1.54, 1.807) is 18.2 Å². The Morgan fingerprint density at radius 1 is 1.05 bits per heavy atom. The molecule has 2 saturated heterocycles. The first-order valence-electron chi connectivity index (χ1n) is 12.8. The Morgan fingerprint density at radius 3 is 2.46 bits per heavy atom. The number of nitrogens with zero attached hydrogens (tertiary/aromatic N) is 3. The van der Waals surface area contributed by atoms with E-state index in [1.165, 1.54) is 23.5 Å². The van der Waals surface area contributed by atoms with Gasteiger partial charge >= 0.3 is 12.1 Å². The van der Waals surface area contributed by atoms with Crippen LogP contribution in [0.2, 0.25) is 0 Å². The van der Waals surface area contributed by atoms with Crippen LogP contribution in [0.5, 0.6) is 11.5 Å². The zero-order valence-corrected chi connectivity index (χ0v) is 22.1. The topological polar surface area (TPSA) is 84.4 Å². The van der Waals surface area contributed by atoms with Gasteiger partial charge in [0.05, 0.1) is 35.6 Å². The summed E-state index contributed by atoms with van der Waals surface area (Å²) in [4.78, 5) is 20.1. The maximum atomic E-state index is 13.2. The SMILES string of the molecule is O=C(O)COc1cccc(OCCC2(N3CCOCC3)CCN(c3nc4ccc(C(F)(F)F)cc4s3)CC2)c1. The Balaban J connectivity index is 1.25. The first-order chi connectivity index (χ1) is 18.7. The second-order valence-corrected chi connectivity index (χ2v) is 10.8. The number of hydrogen-bond donors (Lipinski definition) is 1. The van der Waals surface area contributed by atoms with Crippen LogP contribution in [0.3, 0.4) is 0 Å². The number of alkyl halides is 3. The molecule has 0 amide bonds. The highest BCUT2D eigenvalue weighted by Crippen LogP contribution is 2.39. The highest BCUT2D eigenvalue weighted by molar-refractivity contribution is 7.22. The number of hydrogen-bond acceptors (Lipinski definition) is 8. The number of fused-ring (bicyclic) bond motifs is 1. The summed E-state index contributed by atoms with van der Waals surface area (Å²) in [6.07, 6.45) is -1.87. The molecule has 39 heavy (non-hydrogen) atoms. The molecule has 2 aliphatic heterocycles. The quantitative estimate of drug-likeness (QED) is 0.392. The minimum atomic E-state index is -4.38. The Bertz CT molecular complexity index is 1290. The molecule has 8 nitrogen and oxygen atoms in total. The molecule has 2 aromatic carbocycles. The van der Waals surface area contributed by atoms with Crippen molar-refractivity contribution in [3.63, 3.8) is 0 Å². The fraction of sp³-hybridized carbons (Fsp3) is 0.481. The van der Waals surface area contributed by atoms with E-state index < -0.39 is 24.3 Å². The number of carbonyl (C=O) groups is 1. The van der Waals surface area contributed by atoms with Crippen LogP contribution < -0.4 is 14.4 Å². The van der Waals surface area contributed by atoms with E-state index in [0.717, 1.165) is 56.6 Å². The second-order valence-electron chi connectivity index (χ2n) is 9.74. The Morgan fingerprint density at radius 2 is 1.77 bits per heavy atom. The number of aliphatic carboxylic acids is 1. The summed E-state index contributed by atoms with van der Waals surface area (Å²) in [6, 6.07) is 10.7. The molecule has 2 aliphatic rings. The predicted molar refractivity (Wildman–Crippen MR) is 141 cm³/mol. The van der Waals surface area contributed by atoms with E-state index in [9.17, 15) is 18.0 Å². The minimum Gasteiger partial charge on any atom is -0.493 e. The molecule has 1 aromatic heterocycles. The van der Waals surface area contributed by atoms with E-state index in [4.69, 9.17) is 19.3 Å². The molecule has 12 heteroatoms. The number of benzene rings is 2. The van der Waals surface area contributed by atoms with Gasteiger partial charge in [0.25, 0.3) is 0 Å². The molecule has 0 spiro atoms. The Hall–Kier alpha value is -3.09. The van der Waals surface area contributed by atoms with Crippen molar-refractivity contribution in [1.29, 1.82) is 0 Å². The van der Waals surface area contributed by atoms with E-state index >= 15 is 0 Å². The zero-order valence-electron chi connectivity index (χ0n) is 21.3. The van der Waals surface area contributed by atoms with Crippen molar-refractivity contribution in [2.45, 2.75) is 31.0 Å². The first kappa shape index (κ1) is 27.5. The lowest BCUT2D eigenvalue weighted by Crippen LogP contribution is -2.59. The molecular formula is C27H30F3N3O5S.